The molecule has 0 aliphatic rings. The Bertz CT molecular complexity index is 763. The van der Waals surface area contributed by atoms with Gasteiger partial charge in [-0.25, -0.2) is 0 Å². The molecule has 0 saturated heterocycles. The van der Waals surface area contributed by atoms with E-state index in [4.69, 9.17) is 0 Å². The van der Waals surface area contributed by atoms with Gasteiger partial charge in [0.15, 0.2) is 0 Å². The minimum Gasteiger partial charge on any atom is -0.303 e. The number of aldehydes is 1. The summed E-state index contributed by atoms with van der Waals surface area (Å²) in [5.74, 6) is 0.649. The van der Waals surface area contributed by atoms with Crippen LogP contribution in [-0.2, 0) is 11.2 Å². The summed E-state index contributed by atoms with van der Waals surface area (Å²) in [7, 11) is 0. The van der Waals surface area contributed by atoms with Crippen LogP contribution >= 0.6 is 11.8 Å². The van der Waals surface area contributed by atoms with Crippen molar-refractivity contribution >= 4 is 23.7 Å². The maximum Gasteiger partial charge on any atom is 0.270 e. The van der Waals surface area contributed by atoms with Crippen LogP contribution in [0.1, 0.15) is 50.7 Å². The molecular weight excluding hydrogens is 358 g/mol. The minimum atomic E-state index is -0.366. The number of unbranched alkanes of at least 4 members (excludes halogenated alkanes) is 1. The zero-order valence-corrected chi connectivity index (χ0v) is 16.8. The quantitative estimate of drug-likeness (QED) is 0.204. The number of hydrogen-bond acceptors (Lipinski definition) is 4. The molecule has 2 rings (SSSR count). The second-order valence-electron chi connectivity index (χ2n) is 6.94. The SMILES string of the molecule is CCCCC(C=O)(CC)CSc1cc([N+](=O)[O-])ccc1Cc1ccccc1. The Labute approximate surface area is 165 Å². The van der Waals surface area contributed by atoms with Crippen molar-refractivity contribution < 1.29 is 9.72 Å². The highest BCUT2D eigenvalue weighted by molar-refractivity contribution is 7.99. The molecule has 1 unspecified atom stereocenters. The second kappa shape index (κ2) is 10.3. The number of non-ortho nitro benzene ring substituents is 1. The lowest BCUT2D eigenvalue weighted by Gasteiger charge is -2.26. The summed E-state index contributed by atoms with van der Waals surface area (Å²) < 4.78 is 0. The molecule has 4 nitrogen and oxygen atoms in total. The van der Waals surface area contributed by atoms with Crippen LogP contribution < -0.4 is 0 Å². The molecule has 0 spiro atoms. The highest BCUT2D eigenvalue weighted by Crippen LogP contribution is 2.37. The van der Waals surface area contributed by atoms with Gasteiger partial charge in [0.05, 0.1) is 4.92 Å². The number of benzene rings is 2. The predicted molar refractivity (Wildman–Crippen MR) is 111 cm³/mol. The number of carbonyl (C=O) groups excluding carboxylic acids is 1. The number of hydrogen-bond donors (Lipinski definition) is 0. The second-order valence-corrected chi connectivity index (χ2v) is 7.95. The molecule has 0 saturated carbocycles. The first-order valence-electron chi connectivity index (χ1n) is 9.44. The average Bonchev–Trinajstić information content (AvgIpc) is 2.70. The van der Waals surface area contributed by atoms with Crippen LogP contribution in [0.25, 0.3) is 0 Å². The Morgan fingerprint density at radius 1 is 1.15 bits per heavy atom. The Hall–Kier alpha value is -2.14. The number of nitro groups is 1. The van der Waals surface area contributed by atoms with Gasteiger partial charge in [-0.2, -0.15) is 0 Å². The van der Waals surface area contributed by atoms with Gasteiger partial charge in [0, 0.05) is 28.2 Å². The van der Waals surface area contributed by atoms with Crippen LogP contribution in [-0.4, -0.2) is 17.0 Å². The van der Waals surface area contributed by atoms with E-state index in [2.05, 4.69) is 19.1 Å². The van der Waals surface area contributed by atoms with Gasteiger partial charge in [0.25, 0.3) is 5.69 Å². The fourth-order valence-corrected chi connectivity index (χ4v) is 4.42. The number of thioether (sulfide) groups is 1. The van der Waals surface area contributed by atoms with Crippen molar-refractivity contribution in [3.05, 3.63) is 69.8 Å². The topological polar surface area (TPSA) is 60.2 Å². The van der Waals surface area contributed by atoms with Crippen molar-refractivity contribution in [1.82, 2.24) is 0 Å². The number of nitro benzene ring substituents is 1. The molecular formula is C22H27NO3S. The summed E-state index contributed by atoms with van der Waals surface area (Å²) in [6, 6.07) is 15.1. The fourth-order valence-electron chi connectivity index (χ4n) is 3.03. The van der Waals surface area contributed by atoms with Gasteiger partial charge >= 0.3 is 0 Å². The zero-order valence-electron chi connectivity index (χ0n) is 16.0. The first-order valence-corrected chi connectivity index (χ1v) is 10.4. The zero-order chi connectivity index (χ0) is 19.7. The van der Waals surface area contributed by atoms with E-state index < -0.39 is 0 Å². The van der Waals surface area contributed by atoms with Crippen LogP contribution in [0.2, 0.25) is 0 Å². The molecule has 0 N–H and O–H groups in total. The van der Waals surface area contributed by atoms with Crippen LogP contribution in [0.4, 0.5) is 5.69 Å². The standard InChI is InChI=1S/C22H27NO3S/c1-3-5-13-22(4-2,16-24)17-27-21-15-20(23(25)26)12-11-19(21)14-18-9-7-6-8-10-18/h6-12,15-16H,3-5,13-14,17H2,1-2H3. The van der Waals surface area contributed by atoms with Gasteiger partial charge < -0.3 is 4.79 Å². The van der Waals surface area contributed by atoms with E-state index in [0.717, 1.165) is 54.4 Å². The molecule has 0 radical (unpaired) electrons. The third-order valence-corrected chi connectivity index (χ3v) is 6.41. The van der Waals surface area contributed by atoms with Gasteiger partial charge in [-0.1, -0.05) is 63.1 Å². The third kappa shape index (κ3) is 5.93. The van der Waals surface area contributed by atoms with E-state index in [9.17, 15) is 14.9 Å². The summed E-state index contributed by atoms with van der Waals surface area (Å²) in [6.45, 7) is 4.17. The number of rotatable bonds is 11. The third-order valence-electron chi connectivity index (χ3n) is 5.00. The van der Waals surface area contributed by atoms with Crippen molar-refractivity contribution in [3.8, 4) is 0 Å². The minimum absolute atomic E-state index is 0.0936. The molecule has 2 aromatic carbocycles. The van der Waals surface area contributed by atoms with Crippen molar-refractivity contribution in [3.63, 3.8) is 0 Å². The van der Waals surface area contributed by atoms with Gasteiger partial charge in [-0.15, -0.1) is 11.8 Å². The Morgan fingerprint density at radius 2 is 1.89 bits per heavy atom. The van der Waals surface area contributed by atoms with Crippen LogP contribution in [0.15, 0.2) is 53.4 Å². The van der Waals surface area contributed by atoms with Gasteiger partial charge in [-0.05, 0) is 30.4 Å². The molecule has 27 heavy (non-hydrogen) atoms. The molecule has 1 atom stereocenters. The molecule has 0 aliphatic heterocycles. The van der Waals surface area contributed by atoms with Crippen LogP contribution in [0.3, 0.4) is 0 Å². The molecule has 0 aromatic heterocycles. The first kappa shape index (κ1) is 21.2. The monoisotopic (exact) mass is 385 g/mol. The molecule has 2 aromatic rings. The average molecular weight is 386 g/mol. The Balaban J connectivity index is 2.27. The molecule has 144 valence electrons. The maximum absolute atomic E-state index is 11.8. The lowest BCUT2D eigenvalue weighted by atomic mass is 9.84. The van der Waals surface area contributed by atoms with E-state index in [1.807, 2.05) is 31.2 Å². The lowest BCUT2D eigenvalue weighted by Crippen LogP contribution is -2.25. The fraction of sp³-hybridized carbons (Fsp3) is 0.409. The van der Waals surface area contributed by atoms with Crippen LogP contribution in [0.5, 0.6) is 0 Å². The summed E-state index contributed by atoms with van der Waals surface area (Å²) in [5, 5.41) is 11.2. The molecule has 0 fully saturated rings. The molecule has 5 heteroatoms. The Morgan fingerprint density at radius 3 is 2.48 bits per heavy atom. The number of carbonyl (C=O) groups is 1. The normalized spacial score (nSPS) is 13.1. The first-order chi connectivity index (χ1) is 13.0. The van der Waals surface area contributed by atoms with Gasteiger partial charge in [0.2, 0.25) is 0 Å². The summed E-state index contributed by atoms with van der Waals surface area (Å²) in [5.41, 5.74) is 1.95. The van der Waals surface area contributed by atoms with E-state index in [1.165, 1.54) is 0 Å². The summed E-state index contributed by atoms with van der Waals surface area (Å²) in [6.07, 6.45) is 5.52. The van der Waals surface area contributed by atoms with E-state index in [1.54, 1.807) is 23.9 Å². The van der Waals surface area contributed by atoms with E-state index >= 15 is 0 Å². The Kier molecular flexibility index (Phi) is 8.04. The van der Waals surface area contributed by atoms with Crippen LogP contribution in [0, 0.1) is 15.5 Å². The van der Waals surface area contributed by atoms with E-state index in [0.29, 0.717) is 5.75 Å². The molecule has 0 bridgehead atoms. The molecule has 0 aliphatic carbocycles. The van der Waals surface area contributed by atoms with Crippen molar-refractivity contribution in [2.75, 3.05) is 5.75 Å². The summed E-state index contributed by atoms with van der Waals surface area (Å²) in [4.78, 5) is 23.6. The predicted octanol–water partition coefficient (Wildman–Crippen LogP) is 6.06. The highest BCUT2D eigenvalue weighted by Gasteiger charge is 2.28. The van der Waals surface area contributed by atoms with Gasteiger partial charge in [0.1, 0.15) is 6.29 Å². The lowest BCUT2D eigenvalue weighted by molar-refractivity contribution is -0.385. The van der Waals surface area contributed by atoms with Crippen molar-refractivity contribution in [2.24, 2.45) is 5.41 Å². The summed E-state index contributed by atoms with van der Waals surface area (Å²) >= 11 is 1.57. The van der Waals surface area contributed by atoms with Crippen molar-refractivity contribution in [1.29, 1.82) is 0 Å². The van der Waals surface area contributed by atoms with E-state index in [-0.39, 0.29) is 16.0 Å². The maximum atomic E-state index is 11.8. The smallest absolute Gasteiger partial charge is 0.270 e. The largest absolute Gasteiger partial charge is 0.303 e. The van der Waals surface area contributed by atoms with Gasteiger partial charge in [-0.3, -0.25) is 10.1 Å². The van der Waals surface area contributed by atoms with Crippen molar-refractivity contribution in [2.45, 2.75) is 50.8 Å². The molecule has 0 amide bonds. The highest BCUT2D eigenvalue weighted by atomic mass is 32.2. The molecule has 0 heterocycles. The number of nitrogens with zero attached hydrogens (tertiary/aromatic N) is 1.